The molecule has 0 fully saturated rings. The minimum absolute atomic E-state index is 0.490. The van der Waals surface area contributed by atoms with Crippen molar-refractivity contribution in [1.82, 2.24) is 0 Å². The summed E-state index contributed by atoms with van der Waals surface area (Å²) in [5.41, 5.74) is 1.43. The molecule has 2 N–H and O–H groups in total. The molecule has 0 saturated heterocycles. The van der Waals surface area contributed by atoms with Crippen LogP contribution in [0.4, 0.5) is 0 Å². The van der Waals surface area contributed by atoms with Crippen molar-refractivity contribution in [2.75, 3.05) is 0 Å². The maximum atomic E-state index is 9.63. The van der Waals surface area contributed by atoms with E-state index in [0.29, 0.717) is 10.6 Å². The number of rotatable bonds is 3. The van der Waals surface area contributed by atoms with E-state index in [-0.39, 0.29) is 0 Å². The molecule has 1 rings (SSSR count). The molecule has 0 aliphatic heterocycles. The summed E-state index contributed by atoms with van der Waals surface area (Å²) in [6.45, 7) is 3.25. The van der Waals surface area contributed by atoms with Gasteiger partial charge in [-0.05, 0) is 25.0 Å². The number of benzene rings is 1. The molecule has 0 unspecified atom stereocenters. The summed E-state index contributed by atoms with van der Waals surface area (Å²) in [7, 11) is 0. The van der Waals surface area contributed by atoms with E-state index in [0.717, 1.165) is 5.56 Å². The summed E-state index contributed by atoms with van der Waals surface area (Å²) in [5.74, 6) is 0. The summed E-state index contributed by atoms with van der Waals surface area (Å²) in [4.78, 5) is 0. The standard InChI is InChI=1S/C12H15ClO2/c1-8(12(15)9(2)14)11(13)10-6-4-3-5-7-10/h3-7,9,12,14-15H,1-2H3/b11-8-/t9-,12+/m0/s1. The van der Waals surface area contributed by atoms with Gasteiger partial charge in [-0.15, -0.1) is 0 Å². The minimum Gasteiger partial charge on any atom is -0.390 e. The minimum atomic E-state index is -0.919. The molecule has 1 aromatic rings. The first-order valence-corrected chi connectivity index (χ1v) is 5.19. The van der Waals surface area contributed by atoms with Gasteiger partial charge in [-0.1, -0.05) is 41.9 Å². The quantitative estimate of drug-likeness (QED) is 0.831. The fourth-order valence-corrected chi connectivity index (χ4v) is 1.54. The van der Waals surface area contributed by atoms with E-state index in [1.807, 2.05) is 30.3 Å². The van der Waals surface area contributed by atoms with Gasteiger partial charge in [-0.3, -0.25) is 0 Å². The predicted molar refractivity (Wildman–Crippen MR) is 62.6 cm³/mol. The van der Waals surface area contributed by atoms with Crippen LogP contribution in [0.5, 0.6) is 0 Å². The third kappa shape index (κ3) is 3.06. The SMILES string of the molecule is C/C(=C(/Cl)c1ccccc1)[C@@H](O)[C@H](C)O. The van der Waals surface area contributed by atoms with Gasteiger partial charge < -0.3 is 10.2 Å². The molecule has 0 aliphatic carbocycles. The van der Waals surface area contributed by atoms with Crippen LogP contribution in [0, 0.1) is 0 Å². The molecule has 0 aromatic heterocycles. The van der Waals surface area contributed by atoms with Crippen LogP contribution in [0.2, 0.25) is 0 Å². The van der Waals surface area contributed by atoms with Gasteiger partial charge in [0, 0.05) is 5.03 Å². The molecule has 0 spiro atoms. The van der Waals surface area contributed by atoms with Crippen molar-refractivity contribution in [3.63, 3.8) is 0 Å². The van der Waals surface area contributed by atoms with Gasteiger partial charge >= 0.3 is 0 Å². The average Bonchev–Trinajstić information content (AvgIpc) is 2.27. The highest BCUT2D eigenvalue weighted by atomic mass is 35.5. The molecular weight excluding hydrogens is 212 g/mol. The predicted octanol–water partition coefficient (Wildman–Crippen LogP) is 2.40. The lowest BCUT2D eigenvalue weighted by atomic mass is 10.0. The molecule has 0 bridgehead atoms. The highest BCUT2D eigenvalue weighted by molar-refractivity contribution is 6.49. The van der Waals surface area contributed by atoms with E-state index >= 15 is 0 Å². The molecule has 15 heavy (non-hydrogen) atoms. The Balaban J connectivity index is 3.00. The lowest BCUT2D eigenvalue weighted by molar-refractivity contribution is 0.0552. The highest BCUT2D eigenvalue weighted by Crippen LogP contribution is 2.25. The maximum Gasteiger partial charge on any atom is 0.102 e. The van der Waals surface area contributed by atoms with E-state index in [1.54, 1.807) is 6.92 Å². The molecular formula is C12H15ClO2. The molecule has 0 radical (unpaired) electrons. The van der Waals surface area contributed by atoms with Crippen LogP contribution in [0.25, 0.3) is 5.03 Å². The summed E-state index contributed by atoms with van der Waals surface area (Å²) in [6.07, 6.45) is -1.74. The fraction of sp³-hybridized carbons (Fsp3) is 0.333. The normalized spacial score (nSPS) is 16.9. The van der Waals surface area contributed by atoms with Crippen LogP contribution in [0.3, 0.4) is 0 Å². The Bertz CT molecular complexity index is 344. The summed E-state index contributed by atoms with van der Waals surface area (Å²) >= 11 is 6.10. The second kappa shape index (κ2) is 5.31. The first-order chi connectivity index (χ1) is 7.04. The van der Waals surface area contributed by atoms with E-state index in [1.165, 1.54) is 6.92 Å². The highest BCUT2D eigenvalue weighted by Gasteiger charge is 2.16. The molecule has 0 saturated carbocycles. The zero-order valence-electron chi connectivity index (χ0n) is 8.81. The van der Waals surface area contributed by atoms with Gasteiger partial charge in [0.1, 0.15) is 6.10 Å². The Kier molecular flexibility index (Phi) is 4.33. The zero-order chi connectivity index (χ0) is 11.4. The topological polar surface area (TPSA) is 40.5 Å². The number of aliphatic hydroxyl groups is 2. The lowest BCUT2D eigenvalue weighted by Crippen LogP contribution is -2.23. The van der Waals surface area contributed by atoms with E-state index in [2.05, 4.69) is 0 Å². The Morgan fingerprint density at radius 2 is 1.73 bits per heavy atom. The summed E-state index contributed by atoms with van der Waals surface area (Å²) in [6, 6.07) is 9.37. The first-order valence-electron chi connectivity index (χ1n) is 4.82. The van der Waals surface area contributed by atoms with Gasteiger partial charge in [-0.25, -0.2) is 0 Å². The molecule has 2 nitrogen and oxygen atoms in total. The van der Waals surface area contributed by atoms with Crippen LogP contribution in [-0.4, -0.2) is 22.4 Å². The second-order valence-corrected chi connectivity index (χ2v) is 3.93. The Morgan fingerprint density at radius 3 is 2.20 bits per heavy atom. The van der Waals surface area contributed by atoms with Crippen LogP contribution >= 0.6 is 11.6 Å². The molecule has 82 valence electrons. The largest absolute Gasteiger partial charge is 0.390 e. The molecule has 0 aliphatic rings. The third-order valence-corrected chi connectivity index (χ3v) is 2.79. The van der Waals surface area contributed by atoms with Crippen LogP contribution in [0.15, 0.2) is 35.9 Å². The number of aliphatic hydroxyl groups excluding tert-OH is 2. The number of hydrogen-bond acceptors (Lipinski definition) is 2. The molecule has 1 aromatic carbocycles. The molecule has 3 heteroatoms. The average molecular weight is 227 g/mol. The second-order valence-electron chi connectivity index (χ2n) is 3.55. The van der Waals surface area contributed by atoms with Crippen LogP contribution < -0.4 is 0 Å². The molecule has 0 amide bonds. The summed E-state index contributed by atoms with van der Waals surface area (Å²) < 4.78 is 0. The Morgan fingerprint density at radius 1 is 1.20 bits per heavy atom. The Hall–Kier alpha value is -0.830. The van der Waals surface area contributed by atoms with Gasteiger partial charge in [-0.2, -0.15) is 0 Å². The van der Waals surface area contributed by atoms with Gasteiger partial charge in [0.2, 0.25) is 0 Å². The molecule has 0 heterocycles. The maximum absolute atomic E-state index is 9.63. The monoisotopic (exact) mass is 226 g/mol. The van der Waals surface area contributed by atoms with Crippen LogP contribution in [-0.2, 0) is 0 Å². The number of halogens is 1. The van der Waals surface area contributed by atoms with Gasteiger partial charge in [0.15, 0.2) is 0 Å². The van der Waals surface area contributed by atoms with Crippen molar-refractivity contribution in [1.29, 1.82) is 0 Å². The fourth-order valence-electron chi connectivity index (χ4n) is 1.30. The van der Waals surface area contributed by atoms with Gasteiger partial charge in [0.25, 0.3) is 0 Å². The van der Waals surface area contributed by atoms with E-state index in [4.69, 9.17) is 11.6 Å². The van der Waals surface area contributed by atoms with Crippen molar-refractivity contribution in [2.24, 2.45) is 0 Å². The summed E-state index contributed by atoms with van der Waals surface area (Å²) in [5, 5.41) is 19.4. The van der Waals surface area contributed by atoms with Crippen LogP contribution in [0.1, 0.15) is 19.4 Å². The zero-order valence-corrected chi connectivity index (χ0v) is 9.57. The van der Waals surface area contributed by atoms with Crippen molar-refractivity contribution < 1.29 is 10.2 Å². The van der Waals surface area contributed by atoms with E-state index in [9.17, 15) is 10.2 Å². The molecule has 2 atom stereocenters. The number of hydrogen-bond donors (Lipinski definition) is 2. The van der Waals surface area contributed by atoms with Gasteiger partial charge in [0.05, 0.1) is 6.10 Å². The van der Waals surface area contributed by atoms with Crippen molar-refractivity contribution in [3.8, 4) is 0 Å². The lowest BCUT2D eigenvalue weighted by Gasteiger charge is -2.16. The van der Waals surface area contributed by atoms with Crippen molar-refractivity contribution in [2.45, 2.75) is 26.1 Å². The van der Waals surface area contributed by atoms with Crippen molar-refractivity contribution in [3.05, 3.63) is 41.5 Å². The third-order valence-electron chi connectivity index (χ3n) is 2.27. The van der Waals surface area contributed by atoms with Crippen molar-refractivity contribution >= 4 is 16.6 Å². The first kappa shape index (κ1) is 12.2. The van der Waals surface area contributed by atoms with E-state index < -0.39 is 12.2 Å². The Labute approximate surface area is 94.8 Å². The smallest absolute Gasteiger partial charge is 0.102 e.